The molecule has 0 saturated heterocycles. The van der Waals surface area contributed by atoms with Crippen LogP contribution in [0.2, 0.25) is 0 Å². The summed E-state index contributed by atoms with van der Waals surface area (Å²) >= 11 is 0. The van der Waals surface area contributed by atoms with Crippen LogP contribution in [0.4, 0.5) is 0 Å². The largest absolute Gasteiger partial charge is 0.256 e. The van der Waals surface area contributed by atoms with Crippen LogP contribution in [0.1, 0.15) is 0 Å². The number of hydrogen-bond donors (Lipinski definition) is 0. The second-order valence-electron chi connectivity index (χ2n) is 4.61. The number of fused-ring (bicyclic) bond motifs is 2. The van der Waals surface area contributed by atoms with Crippen molar-refractivity contribution in [2.45, 2.75) is 0 Å². The van der Waals surface area contributed by atoms with Gasteiger partial charge in [-0.05, 0) is 17.5 Å². The zero-order valence-electron chi connectivity index (χ0n) is 10.7. The molecule has 0 saturated carbocycles. The average molecular weight is 257 g/mol. The first kappa shape index (κ1) is 11.1. The van der Waals surface area contributed by atoms with E-state index >= 15 is 0 Å². The van der Waals surface area contributed by atoms with Gasteiger partial charge in [0.2, 0.25) is 0 Å². The molecule has 0 unspecified atom stereocenters. The van der Waals surface area contributed by atoms with Gasteiger partial charge in [0, 0.05) is 29.5 Å². The van der Waals surface area contributed by atoms with Crippen LogP contribution >= 0.6 is 0 Å². The normalized spacial score (nSPS) is 11.0. The molecular weight excluding hydrogens is 246 g/mol. The maximum atomic E-state index is 4.56. The third-order valence-corrected chi connectivity index (χ3v) is 3.43. The molecule has 4 aromatic rings. The van der Waals surface area contributed by atoms with Crippen LogP contribution in [-0.2, 0) is 0 Å². The topological polar surface area (TPSA) is 38.7 Å². The molecule has 2 heterocycles. The minimum Gasteiger partial charge on any atom is -0.256 e. The van der Waals surface area contributed by atoms with Crippen LogP contribution in [0, 0.1) is 0 Å². The number of nitrogens with zero attached hydrogens (tertiary/aromatic N) is 3. The standard InChI is InChI=1S/C17H11N3/c1-2-5-13-12(4-1)8-9-19-16(13)14-6-3-7-15-17(14)20-11-10-18-15/h1-11H. The Labute approximate surface area is 116 Å². The fraction of sp³-hybridized carbons (Fsp3) is 0. The number of para-hydroxylation sites is 1. The second-order valence-corrected chi connectivity index (χ2v) is 4.61. The highest BCUT2D eigenvalue weighted by Crippen LogP contribution is 2.30. The predicted molar refractivity (Wildman–Crippen MR) is 80.3 cm³/mol. The number of pyridine rings is 1. The van der Waals surface area contributed by atoms with E-state index in [1.165, 1.54) is 5.39 Å². The summed E-state index contributed by atoms with van der Waals surface area (Å²) in [6.45, 7) is 0. The molecule has 2 aromatic carbocycles. The minimum absolute atomic E-state index is 0.888. The van der Waals surface area contributed by atoms with Crippen LogP contribution < -0.4 is 0 Å². The molecule has 0 spiro atoms. The maximum absolute atomic E-state index is 4.56. The lowest BCUT2D eigenvalue weighted by molar-refractivity contribution is 1.28. The van der Waals surface area contributed by atoms with Crippen molar-refractivity contribution in [3.8, 4) is 11.3 Å². The molecule has 4 rings (SSSR count). The number of rotatable bonds is 1. The lowest BCUT2D eigenvalue weighted by Crippen LogP contribution is -1.90. The summed E-state index contributed by atoms with van der Waals surface area (Å²) in [4.78, 5) is 13.4. The van der Waals surface area contributed by atoms with Crippen LogP contribution in [0.15, 0.2) is 67.1 Å². The number of benzene rings is 2. The molecule has 0 radical (unpaired) electrons. The summed E-state index contributed by atoms with van der Waals surface area (Å²) < 4.78 is 0. The third kappa shape index (κ3) is 1.64. The molecule has 20 heavy (non-hydrogen) atoms. The highest BCUT2D eigenvalue weighted by Gasteiger charge is 2.09. The number of hydrogen-bond acceptors (Lipinski definition) is 3. The summed E-state index contributed by atoms with van der Waals surface area (Å²) in [5.41, 5.74) is 3.75. The first-order valence-electron chi connectivity index (χ1n) is 6.47. The molecule has 2 aromatic heterocycles. The van der Waals surface area contributed by atoms with Crippen LogP contribution in [0.3, 0.4) is 0 Å². The Bertz CT molecular complexity index is 828. The predicted octanol–water partition coefficient (Wildman–Crippen LogP) is 3.85. The minimum atomic E-state index is 0.888. The van der Waals surface area contributed by atoms with Crippen LogP contribution in [0.5, 0.6) is 0 Å². The fourth-order valence-electron chi connectivity index (χ4n) is 2.52. The van der Waals surface area contributed by atoms with Gasteiger partial charge in [-0.25, -0.2) is 0 Å². The first-order chi connectivity index (χ1) is 9.93. The van der Waals surface area contributed by atoms with E-state index in [2.05, 4.69) is 27.1 Å². The zero-order chi connectivity index (χ0) is 13.4. The van der Waals surface area contributed by atoms with Gasteiger partial charge < -0.3 is 0 Å². The van der Waals surface area contributed by atoms with Crippen molar-refractivity contribution in [2.75, 3.05) is 0 Å². The lowest BCUT2D eigenvalue weighted by atomic mass is 10.0. The Morgan fingerprint density at radius 1 is 0.650 bits per heavy atom. The molecule has 0 aliphatic rings. The molecule has 0 aliphatic heterocycles. The van der Waals surface area contributed by atoms with E-state index in [-0.39, 0.29) is 0 Å². The quantitative estimate of drug-likeness (QED) is 0.520. The van der Waals surface area contributed by atoms with E-state index in [9.17, 15) is 0 Å². The molecule has 0 fully saturated rings. The van der Waals surface area contributed by atoms with E-state index in [1.807, 2.05) is 42.6 Å². The Morgan fingerprint density at radius 2 is 1.55 bits per heavy atom. The van der Waals surface area contributed by atoms with E-state index in [0.29, 0.717) is 0 Å². The van der Waals surface area contributed by atoms with Gasteiger partial charge in [0.25, 0.3) is 0 Å². The average Bonchev–Trinajstić information content (AvgIpc) is 2.54. The Morgan fingerprint density at radius 3 is 2.55 bits per heavy atom. The van der Waals surface area contributed by atoms with Gasteiger partial charge in [0.1, 0.15) is 0 Å². The first-order valence-corrected chi connectivity index (χ1v) is 6.47. The van der Waals surface area contributed by atoms with Crippen molar-refractivity contribution in [1.82, 2.24) is 15.0 Å². The zero-order valence-corrected chi connectivity index (χ0v) is 10.7. The van der Waals surface area contributed by atoms with Crippen molar-refractivity contribution in [1.29, 1.82) is 0 Å². The maximum Gasteiger partial charge on any atom is 0.0980 e. The van der Waals surface area contributed by atoms with Gasteiger partial charge in [0.15, 0.2) is 0 Å². The summed E-state index contributed by atoms with van der Waals surface area (Å²) in [6.07, 6.45) is 5.27. The Kier molecular flexibility index (Phi) is 2.42. The molecule has 0 aliphatic carbocycles. The molecule has 3 heteroatoms. The van der Waals surface area contributed by atoms with Gasteiger partial charge in [-0.1, -0.05) is 36.4 Å². The summed E-state index contributed by atoms with van der Waals surface area (Å²) in [7, 11) is 0. The SMILES string of the molecule is c1ccc2c(-c3cccc4nccnc34)nccc2c1. The molecule has 0 amide bonds. The monoisotopic (exact) mass is 257 g/mol. The van der Waals surface area contributed by atoms with Gasteiger partial charge in [-0.3, -0.25) is 15.0 Å². The van der Waals surface area contributed by atoms with E-state index in [1.54, 1.807) is 12.4 Å². The van der Waals surface area contributed by atoms with Crippen molar-refractivity contribution >= 4 is 21.8 Å². The third-order valence-electron chi connectivity index (χ3n) is 3.43. The van der Waals surface area contributed by atoms with Gasteiger partial charge >= 0.3 is 0 Å². The van der Waals surface area contributed by atoms with Crippen molar-refractivity contribution in [3.05, 3.63) is 67.1 Å². The summed E-state index contributed by atoms with van der Waals surface area (Å²) in [6, 6.07) is 16.3. The lowest BCUT2D eigenvalue weighted by Gasteiger charge is -2.07. The smallest absolute Gasteiger partial charge is 0.0980 e. The number of aromatic nitrogens is 3. The van der Waals surface area contributed by atoms with Crippen molar-refractivity contribution in [2.24, 2.45) is 0 Å². The molecule has 0 atom stereocenters. The summed E-state index contributed by atoms with van der Waals surface area (Å²) in [5, 5.41) is 2.31. The second kappa shape index (κ2) is 4.38. The Balaban J connectivity index is 2.12. The van der Waals surface area contributed by atoms with Crippen LogP contribution in [0.25, 0.3) is 33.1 Å². The van der Waals surface area contributed by atoms with Crippen molar-refractivity contribution < 1.29 is 0 Å². The molecule has 0 N–H and O–H groups in total. The molecule has 0 bridgehead atoms. The molecule has 3 nitrogen and oxygen atoms in total. The van der Waals surface area contributed by atoms with E-state index in [4.69, 9.17) is 0 Å². The van der Waals surface area contributed by atoms with Crippen molar-refractivity contribution in [3.63, 3.8) is 0 Å². The van der Waals surface area contributed by atoms with Crippen LogP contribution in [-0.4, -0.2) is 15.0 Å². The van der Waals surface area contributed by atoms with E-state index in [0.717, 1.165) is 27.7 Å². The van der Waals surface area contributed by atoms with Gasteiger partial charge in [0.05, 0.1) is 16.7 Å². The van der Waals surface area contributed by atoms with E-state index < -0.39 is 0 Å². The fourth-order valence-corrected chi connectivity index (χ4v) is 2.52. The summed E-state index contributed by atoms with van der Waals surface area (Å²) in [5.74, 6) is 0. The van der Waals surface area contributed by atoms with Gasteiger partial charge in [-0.15, -0.1) is 0 Å². The molecular formula is C17H11N3. The molecule has 94 valence electrons. The highest BCUT2D eigenvalue weighted by atomic mass is 14.8. The highest BCUT2D eigenvalue weighted by molar-refractivity contribution is 6.01. The van der Waals surface area contributed by atoms with Gasteiger partial charge in [-0.2, -0.15) is 0 Å². The Hall–Kier alpha value is -2.81.